The van der Waals surface area contributed by atoms with Gasteiger partial charge < -0.3 is 15.1 Å². The minimum atomic E-state index is 0.286. The maximum atomic E-state index is 12.3. The van der Waals surface area contributed by atoms with Gasteiger partial charge in [0.1, 0.15) is 0 Å². The molecule has 1 N–H and O–H groups in total. The van der Waals surface area contributed by atoms with Crippen molar-refractivity contribution in [1.29, 1.82) is 0 Å². The zero-order valence-electron chi connectivity index (χ0n) is 10.2. The summed E-state index contributed by atoms with van der Waals surface area (Å²) in [6, 6.07) is 0. The van der Waals surface area contributed by atoms with Crippen LogP contribution in [0.1, 0.15) is 19.3 Å². The van der Waals surface area contributed by atoms with E-state index in [4.69, 9.17) is 0 Å². The number of rotatable bonds is 1. The first-order chi connectivity index (χ1) is 7.77. The van der Waals surface area contributed by atoms with Crippen LogP contribution in [-0.4, -0.2) is 62.0 Å². The lowest BCUT2D eigenvalue weighted by molar-refractivity contribution is -0.136. The van der Waals surface area contributed by atoms with Gasteiger partial charge in [0.2, 0.25) is 5.91 Å². The van der Waals surface area contributed by atoms with Crippen molar-refractivity contribution in [2.75, 3.05) is 46.3 Å². The van der Waals surface area contributed by atoms with E-state index < -0.39 is 0 Å². The number of hydrogen-bond donors (Lipinski definition) is 1. The van der Waals surface area contributed by atoms with Crippen LogP contribution < -0.4 is 5.32 Å². The van der Waals surface area contributed by atoms with E-state index in [0.717, 1.165) is 58.5 Å². The molecule has 0 aliphatic carbocycles. The van der Waals surface area contributed by atoms with Gasteiger partial charge in [-0.1, -0.05) is 0 Å². The Kier molecular flexibility index (Phi) is 4.18. The van der Waals surface area contributed by atoms with Gasteiger partial charge in [0.05, 0.1) is 0 Å². The first-order valence-electron chi connectivity index (χ1n) is 6.45. The molecule has 2 aliphatic rings. The summed E-state index contributed by atoms with van der Waals surface area (Å²) in [5, 5.41) is 3.34. The van der Waals surface area contributed by atoms with Crippen molar-refractivity contribution >= 4 is 5.91 Å². The first-order valence-corrected chi connectivity index (χ1v) is 6.45. The SMILES string of the molecule is CN1CCC(C(=O)N2CCCNCC2)CC1. The molecule has 4 nitrogen and oxygen atoms in total. The number of carbonyl (C=O) groups excluding carboxylic acids is 1. The third-order valence-electron chi connectivity index (χ3n) is 3.72. The van der Waals surface area contributed by atoms with E-state index >= 15 is 0 Å². The van der Waals surface area contributed by atoms with Crippen LogP contribution in [0.5, 0.6) is 0 Å². The Hall–Kier alpha value is -0.610. The molecule has 2 heterocycles. The van der Waals surface area contributed by atoms with E-state index in [-0.39, 0.29) is 5.92 Å². The van der Waals surface area contributed by atoms with Gasteiger partial charge in [0.25, 0.3) is 0 Å². The summed E-state index contributed by atoms with van der Waals surface area (Å²) in [6.07, 6.45) is 3.18. The summed E-state index contributed by atoms with van der Waals surface area (Å²) in [6.45, 7) is 5.99. The van der Waals surface area contributed by atoms with Crippen molar-refractivity contribution in [3.05, 3.63) is 0 Å². The van der Waals surface area contributed by atoms with Crippen LogP contribution in [0.2, 0.25) is 0 Å². The molecule has 2 fully saturated rings. The molecule has 0 aromatic carbocycles. The number of likely N-dealkylation sites (tertiary alicyclic amines) is 1. The van der Waals surface area contributed by atoms with Crippen LogP contribution in [0.4, 0.5) is 0 Å². The minimum Gasteiger partial charge on any atom is -0.341 e. The van der Waals surface area contributed by atoms with Crippen LogP contribution in [0.25, 0.3) is 0 Å². The van der Waals surface area contributed by atoms with Crippen LogP contribution in [0, 0.1) is 5.92 Å². The van der Waals surface area contributed by atoms with Gasteiger partial charge in [-0.25, -0.2) is 0 Å². The van der Waals surface area contributed by atoms with Crippen LogP contribution in [0.15, 0.2) is 0 Å². The monoisotopic (exact) mass is 225 g/mol. The number of nitrogens with zero attached hydrogens (tertiary/aromatic N) is 2. The molecule has 0 aromatic heterocycles. The zero-order chi connectivity index (χ0) is 11.4. The molecular formula is C12H23N3O. The van der Waals surface area contributed by atoms with Crippen LogP contribution in [0.3, 0.4) is 0 Å². The molecule has 1 amide bonds. The summed E-state index contributed by atoms with van der Waals surface area (Å²) in [5.74, 6) is 0.686. The van der Waals surface area contributed by atoms with Crippen molar-refractivity contribution < 1.29 is 4.79 Å². The summed E-state index contributed by atoms with van der Waals surface area (Å²) in [4.78, 5) is 16.7. The third-order valence-corrected chi connectivity index (χ3v) is 3.72. The number of piperidine rings is 1. The second-order valence-corrected chi connectivity index (χ2v) is 5.01. The highest BCUT2D eigenvalue weighted by Crippen LogP contribution is 2.18. The molecule has 0 unspecified atom stereocenters. The molecule has 16 heavy (non-hydrogen) atoms. The molecule has 2 saturated heterocycles. The predicted molar refractivity (Wildman–Crippen MR) is 64.3 cm³/mol. The molecule has 0 spiro atoms. The lowest BCUT2D eigenvalue weighted by atomic mass is 9.95. The van der Waals surface area contributed by atoms with Crippen LogP contribution >= 0.6 is 0 Å². The minimum absolute atomic E-state index is 0.286. The normalized spacial score (nSPS) is 25.4. The fourth-order valence-electron chi connectivity index (χ4n) is 2.58. The third kappa shape index (κ3) is 2.95. The Balaban J connectivity index is 1.85. The highest BCUT2D eigenvalue weighted by atomic mass is 16.2. The Morgan fingerprint density at radius 1 is 1.12 bits per heavy atom. The average Bonchev–Trinajstić information content (AvgIpc) is 2.57. The highest BCUT2D eigenvalue weighted by molar-refractivity contribution is 5.79. The van der Waals surface area contributed by atoms with Gasteiger partial charge in [-0.05, 0) is 45.9 Å². The molecule has 2 rings (SSSR count). The van der Waals surface area contributed by atoms with Crippen molar-refractivity contribution in [1.82, 2.24) is 15.1 Å². The Morgan fingerprint density at radius 3 is 2.62 bits per heavy atom. The highest BCUT2D eigenvalue weighted by Gasteiger charge is 2.27. The zero-order valence-corrected chi connectivity index (χ0v) is 10.2. The lowest BCUT2D eigenvalue weighted by Crippen LogP contribution is -2.42. The topological polar surface area (TPSA) is 35.6 Å². The van der Waals surface area contributed by atoms with E-state index in [1.165, 1.54) is 0 Å². The van der Waals surface area contributed by atoms with Gasteiger partial charge in [-0.3, -0.25) is 4.79 Å². The number of carbonyl (C=O) groups is 1. The molecular weight excluding hydrogens is 202 g/mol. The van der Waals surface area contributed by atoms with Crippen LogP contribution in [-0.2, 0) is 4.79 Å². The molecule has 0 aromatic rings. The van der Waals surface area contributed by atoms with E-state index in [9.17, 15) is 4.79 Å². The van der Waals surface area contributed by atoms with Gasteiger partial charge in [-0.2, -0.15) is 0 Å². The van der Waals surface area contributed by atoms with E-state index in [0.29, 0.717) is 5.91 Å². The quantitative estimate of drug-likeness (QED) is 0.690. The fraction of sp³-hybridized carbons (Fsp3) is 0.917. The summed E-state index contributed by atoms with van der Waals surface area (Å²) >= 11 is 0. The summed E-state index contributed by atoms with van der Waals surface area (Å²) < 4.78 is 0. The van der Waals surface area contributed by atoms with Gasteiger partial charge >= 0.3 is 0 Å². The van der Waals surface area contributed by atoms with Crippen molar-refractivity contribution in [2.45, 2.75) is 19.3 Å². The second kappa shape index (κ2) is 5.64. The Labute approximate surface area is 98.0 Å². The second-order valence-electron chi connectivity index (χ2n) is 5.01. The molecule has 4 heteroatoms. The predicted octanol–water partition coefficient (Wildman–Crippen LogP) is 0.150. The molecule has 92 valence electrons. The standard InChI is InChI=1S/C12H23N3O/c1-14-8-3-11(4-9-14)12(16)15-7-2-5-13-6-10-15/h11,13H,2-10H2,1H3. The maximum Gasteiger partial charge on any atom is 0.225 e. The summed E-state index contributed by atoms with van der Waals surface area (Å²) in [7, 11) is 2.14. The summed E-state index contributed by atoms with van der Waals surface area (Å²) in [5.41, 5.74) is 0. The Bertz CT molecular complexity index is 228. The van der Waals surface area contributed by atoms with Gasteiger partial charge in [-0.15, -0.1) is 0 Å². The van der Waals surface area contributed by atoms with Crippen molar-refractivity contribution in [3.63, 3.8) is 0 Å². The largest absolute Gasteiger partial charge is 0.341 e. The Morgan fingerprint density at radius 2 is 1.88 bits per heavy atom. The molecule has 0 radical (unpaired) electrons. The van der Waals surface area contributed by atoms with E-state index in [1.54, 1.807) is 0 Å². The van der Waals surface area contributed by atoms with Gasteiger partial charge in [0, 0.05) is 25.6 Å². The van der Waals surface area contributed by atoms with Crippen molar-refractivity contribution in [3.8, 4) is 0 Å². The number of amides is 1. The molecule has 2 aliphatic heterocycles. The number of hydrogen-bond acceptors (Lipinski definition) is 3. The fourth-order valence-corrected chi connectivity index (χ4v) is 2.58. The van der Waals surface area contributed by atoms with E-state index in [1.807, 2.05) is 0 Å². The van der Waals surface area contributed by atoms with E-state index in [2.05, 4.69) is 22.2 Å². The molecule has 0 saturated carbocycles. The van der Waals surface area contributed by atoms with Crippen molar-refractivity contribution in [2.24, 2.45) is 5.92 Å². The number of nitrogens with one attached hydrogen (secondary N) is 1. The molecule has 0 atom stereocenters. The average molecular weight is 225 g/mol. The lowest BCUT2D eigenvalue weighted by Gasteiger charge is -2.31. The molecule has 0 bridgehead atoms. The van der Waals surface area contributed by atoms with Gasteiger partial charge in [0.15, 0.2) is 0 Å². The first kappa shape index (κ1) is 11.9. The maximum absolute atomic E-state index is 12.3. The smallest absolute Gasteiger partial charge is 0.225 e.